The van der Waals surface area contributed by atoms with Crippen molar-refractivity contribution in [3.05, 3.63) is 35.4 Å². The highest BCUT2D eigenvalue weighted by molar-refractivity contribution is 5.82. The van der Waals surface area contributed by atoms with Crippen molar-refractivity contribution < 1.29 is 19.1 Å². The van der Waals surface area contributed by atoms with Crippen LogP contribution in [0.25, 0.3) is 0 Å². The molecule has 0 N–H and O–H groups in total. The van der Waals surface area contributed by atoms with Crippen LogP contribution in [-0.4, -0.2) is 42.3 Å². The molecule has 1 amide bonds. The van der Waals surface area contributed by atoms with E-state index in [1.54, 1.807) is 0 Å². The average Bonchev–Trinajstić information content (AvgIpc) is 2.64. The van der Waals surface area contributed by atoms with E-state index < -0.39 is 23.7 Å². The first kappa shape index (κ1) is 16.3. The summed E-state index contributed by atoms with van der Waals surface area (Å²) in [5, 5.41) is 0. The molecule has 1 unspecified atom stereocenters. The van der Waals surface area contributed by atoms with Crippen molar-refractivity contribution in [3.8, 4) is 0 Å². The van der Waals surface area contributed by atoms with Crippen molar-refractivity contribution in [1.29, 1.82) is 0 Å². The summed E-state index contributed by atoms with van der Waals surface area (Å²) < 4.78 is 10.3. The Labute approximate surface area is 131 Å². The van der Waals surface area contributed by atoms with Gasteiger partial charge in [0, 0.05) is 13.0 Å². The van der Waals surface area contributed by atoms with Crippen LogP contribution in [0.3, 0.4) is 0 Å². The highest BCUT2D eigenvalue weighted by Gasteiger charge is 2.35. The van der Waals surface area contributed by atoms with Gasteiger partial charge in [-0.2, -0.15) is 0 Å². The number of fused-ring (bicyclic) bond motifs is 1. The number of esters is 1. The summed E-state index contributed by atoms with van der Waals surface area (Å²) >= 11 is 0. The third kappa shape index (κ3) is 3.78. The summed E-state index contributed by atoms with van der Waals surface area (Å²) in [6.07, 6.45) is 0.668. The molecule has 5 nitrogen and oxygen atoms in total. The molecule has 1 atom stereocenters. The maximum absolute atomic E-state index is 12.4. The predicted molar refractivity (Wildman–Crippen MR) is 82.6 cm³/mol. The summed E-state index contributed by atoms with van der Waals surface area (Å²) in [7, 11) is 1.34. The summed E-state index contributed by atoms with van der Waals surface area (Å²) in [4.78, 5) is 26.1. The molecular formula is C17H23NO4. The summed E-state index contributed by atoms with van der Waals surface area (Å²) in [5.41, 5.74) is 1.63. The minimum absolute atomic E-state index is 0.414. The molecule has 1 aliphatic heterocycles. The lowest BCUT2D eigenvalue weighted by Crippen LogP contribution is -2.48. The maximum Gasteiger partial charge on any atom is 0.411 e. The van der Waals surface area contributed by atoms with Gasteiger partial charge >= 0.3 is 12.1 Å². The van der Waals surface area contributed by atoms with Gasteiger partial charge in [-0.3, -0.25) is 4.90 Å². The van der Waals surface area contributed by atoms with Gasteiger partial charge in [0.15, 0.2) is 0 Å². The lowest BCUT2D eigenvalue weighted by Gasteiger charge is -2.30. The summed E-state index contributed by atoms with van der Waals surface area (Å²) in [6.45, 7) is 5.87. The normalized spacial score (nSPS) is 18.2. The maximum atomic E-state index is 12.4. The highest BCUT2D eigenvalue weighted by Crippen LogP contribution is 2.22. The van der Waals surface area contributed by atoms with Gasteiger partial charge < -0.3 is 9.47 Å². The number of carbonyl (C=O) groups is 2. The first-order valence-corrected chi connectivity index (χ1v) is 7.46. The third-order valence-corrected chi connectivity index (χ3v) is 3.63. The Balaban J connectivity index is 2.28. The van der Waals surface area contributed by atoms with Crippen molar-refractivity contribution in [2.75, 3.05) is 13.7 Å². The number of methoxy groups -OCH3 is 1. The highest BCUT2D eigenvalue weighted by atomic mass is 16.6. The quantitative estimate of drug-likeness (QED) is 0.748. The topological polar surface area (TPSA) is 55.8 Å². The van der Waals surface area contributed by atoms with E-state index in [0.717, 1.165) is 11.1 Å². The van der Waals surface area contributed by atoms with Gasteiger partial charge in [0.05, 0.1) is 7.11 Å². The van der Waals surface area contributed by atoms with Gasteiger partial charge in [-0.15, -0.1) is 0 Å². The second-order valence-electron chi connectivity index (χ2n) is 6.44. The molecule has 0 aliphatic carbocycles. The Morgan fingerprint density at radius 1 is 1.18 bits per heavy atom. The van der Waals surface area contributed by atoms with Crippen LogP contribution in [0.4, 0.5) is 4.79 Å². The number of hydrogen-bond donors (Lipinski definition) is 0. The predicted octanol–water partition coefficient (Wildman–Crippen LogP) is 2.56. The summed E-state index contributed by atoms with van der Waals surface area (Å²) in [6, 6.07) is 7.28. The fourth-order valence-electron chi connectivity index (χ4n) is 2.60. The standard InChI is InChI=1S/C17H23NO4/c1-17(2,3)22-16(20)18-10-9-12-7-5-6-8-13(12)11-14(18)15(19)21-4/h5-8,14H,9-11H2,1-4H3. The SMILES string of the molecule is COC(=O)C1Cc2ccccc2CCN1C(=O)OC(C)(C)C. The van der Waals surface area contributed by atoms with Gasteiger partial charge in [-0.1, -0.05) is 24.3 Å². The fraction of sp³-hybridized carbons (Fsp3) is 0.529. The van der Waals surface area contributed by atoms with Crippen molar-refractivity contribution in [3.63, 3.8) is 0 Å². The monoisotopic (exact) mass is 305 g/mol. The third-order valence-electron chi connectivity index (χ3n) is 3.63. The van der Waals surface area contributed by atoms with E-state index in [2.05, 4.69) is 0 Å². The second-order valence-corrected chi connectivity index (χ2v) is 6.44. The number of rotatable bonds is 1. The van der Waals surface area contributed by atoms with Crippen molar-refractivity contribution in [1.82, 2.24) is 4.90 Å². The van der Waals surface area contributed by atoms with E-state index in [1.807, 2.05) is 45.0 Å². The number of benzene rings is 1. The molecular weight excluding hydrogens is 282 g/mol. The minimum Gasteiger partial charge on any atom is -0.467 e. The number of amides is 1. The van der Waals surface area contributed by atoms with Crippen LogP contribution in [0.2, 0.25) is 0 Å². The molecule has 120 valence electrons. The van der Waals surface area contributed by atoms with Crippen molar-refractivity contribution >= 4 is 12.1 Å². The molecule has 0 aromatic heterocycles. The molecule has 0 bridgehead atoms. The molecule has 5 heteroatoms. The van der Waals surface area contributed by atoms with E-state index >= 15 is 0 Å². The van der Waals surface area contributed by atoms with Gasteiger partial charge in [-0.25, -0.2) is 9.59 Å². The zero-order valence-corrected chi connectivity index (χ0v) is 13.6. The van der Waals surface area contributed by atoms with Crippen LogP contribution in [0.5, 0.6) is 0 Å². The number of ether oxygens (including phenoxy) is 2. The molecule has 2 rings (SSSR count). The molecule has 0 saturated carbocycles. The fourth-order valence-corrected chi connectivity index (χ4v) is 2.60. The van der Waals surface area contributed by atoms with E-state index in [4.69, 9.17) is 9.47 Å². The molecule has 0 fully saturated rings. The number of nitrogens with zero attached hydrogens (tertiary/aromatic N) is 1. The smallest absolute Gasteiger partial charge is 0.411 e. The molecule has 1 aromatic carbocycles. The van der Waals surface area contributed by atoms with E-state index in [0.29, 0.717) is 19.4 Å². The number of hydrogen-bond acceptors (Lipinski definition) is 4. The van der Waals surface area contributed by atoms with Crippen molar-refractivity contribution in [2.24, 2.45) is 0 Å². The van der Waals surface area contributed by atoms with Crippen LogP contribution in [0.1, 0.15) is 31.9 Å². The molecule has 1 heterocycles. The molecule has 1 aliphatic rings. The average molecular weight is 305 g/mol. The van der Waals surface area contributed by atoms with E-state index in [-0.39, 0.29) is 0 Å². The van der Waals surface area contributed by atoms with Gasteiger partial charge in [0.25, 0.3) is 0 Å². The second kappa shape index (κ2) is 6.38. The summed E-state index contributed by atoms with van der Waals surface area (Å²) in [5.74, 6) is -0.414. The zero-order valence-electron chi connectivity index (χ0n) is 13.6. The van der Waals surface area contributed by atoms with E-state index in [9.17, 15) is 9.59 Å². The van der Waals surface area contributed by atoms with Gasteiger partial charge in [0.1, 0.15) is 11.6 Å². The molecule has 22 heavy (non-hydrogen) atoms. The minimum atomic E-state index is -0.650. The Kier molecular flexibility index (Phi) is 4.74. The first-order valence-electron chi connectivity index (χ1n) is 7.46. The Bertz CT molecular complexity index is 562. The van der Waals surface area contributed by atoms with Crippen LogP contribution in [-0.2, 0) is 27.1 Å². The lowest BCUT2D eigenvalue weighted by atomic mass is 10.0. The number of carbonyl (C=O) groups excluding carboxylic acids is 2. The first-order chi connectivity index (χ1) is 10.3. The lowest BCUT2D eigenvalue weighted by molar-refractivity contribution is -0.146. The van der Waals surface area contributed by atoms with Crippen LogP contribution < -0.4 is 0 Å². The Morgan fingerprint density at radius 3 is 2.41 bits per heavy atom. The van der Waals surface area contributed by atoms with E-state index in [1.165, 1.54) is 12.0 Å². The van der Waals surface area contributed by atoms with Crippen LogP contribution in [0, 0.1) is 0 Å². The molecule has 0 radical (unpaired) electrons. The van der Waals surface area contributed by atoms with Crippen LogP contribution >= 0.6 is 0 Å². The molecule has 1 aromatic rings. The van der Waals surface area contributed by atoms with Crippen molar-refractivity contribution in [2.45, 2.75) is 45.3 Å². The Morgan fingerprint density at radius 2 is 1.82 bits per heavy atom. The van der Waals surface area contributed by atoms with Gasteiger partial charge in [-0.05, 0) is 38.3 Å². The van der Waals surface area contributed by atoms with Gasteiger partial charge in [0.2, 0.25) is 0 Å². The largest absolute Gasteiger partial charge is 0.467 e. The van der Waals surface area contributed by atoms with Crippen LogP contribution in [0.15, 0.2) is 24.3 Å². The molecule has 0 spiro atoms. The molecule has 0 saturated heterocycles. The Hall–Kier alpha value is -2.04. The zero-order chi connectivity index (χ0) is 16.3.